The van der Waals surface area contributed by atoms with Crippen molar-refractivity contribution in [3.63, 3.8) is 0 Å². The van der Waals surface area contributed by atoms with Crippen LogP contribution in [0.15, 0.2) is 36.4 Å². The van der Waals surface area contributed by atoms with Crippen molar-refractivity contribution in [1.29, 1.82) is 0 Å². The Morgan fingerprint density at radius 2 is 1.62 bits per heavy atom. The SMILES string of the molecule is COc1ccc(CNC(=O)[C@@H](C)N(c2cc(C)cc(C)c2)S(C)(=O)=O)cc1OC. The van der Waals surface area contributed by atoms with Gasteiger partial charge in [0, 0.05) is 6.54 Å². The maximum atomic E-state index is 12.8. The Morgan fingerprint density at radius 3 is 2.14 bits per heavy atom. The van der Waals surface area contributed by atoms with Crippen molar-refractivity contribution >= 4 is 21.6 Å². The van der Waals surface area contributed by atoms with Crippen LogP contribution >= 0.6 is 0 Å². The summed E-state index contributed by atoms with van der Waals surface area (Å²) >= 11 is 0. The van der Waals surface area contributed by atoms with Crippen LogP contribution in [-0.2, 0) is 21.4 Å². The lowest BCUT2D eigenvalue weighted by atomic mass is 10.1. The molecule has 1 atom stereocenters. The van der Waals surface area contributed by atoms with Crippen molar-refractivity contribution in [2.75, 3.05) is 24.8 Å². The summed E-state index contributed by atoms with van der Waals surface area (Å²) in [6.07, 6.45) is 1.10. The van der Waals surface area contributed by atoms with Gasteiger partial charge in [0.15, 0.2) is 11.5 Å². The van der Waals surface area contributed by atoms with E-state index in [9.17, 15) is 13.2 Å². The summed E-state index contributed by atoms with van der Waals surface area (Å²) in [6, 6.07) is 9.88. The van der Waals surface area contributed by atoms with Crippen LogP contribution in [-0.4, -0.2) is 40.8 Å². The lowest BCUT2D eigenvalue weighted by molar-refractivity contribution is -0.122. The predicted octanol–water partition coefficient (Wildman–Crippen LogP) is 2.79. The van der Waals surface area contributed by atoms with Crippen molar-refractivity contribution in [3.05, 3.63) is 53.1 Å². The van der Waals surface area contributed by atoms with Gasteiger partial charge in [-0.05, 0) is 61.7 Å². The van der Waals surface area contributed by atoms with E-state index in [4.69, 9.17) is 9.47 Å². The van der Waals surface area contributed by atoms with Crippen LogP contribution in [0.3, 0.4) is 0 Å². The van der Waals surface area contributed by atoms with Crippen molar-refractivity contribution in [3.8, 4) is 11.5 Å². The number of ether oxygens (including phenoxy) is 2. The molecule has 0 unspecified atom stereocenters. The van der Waals surface area contributed by atoms with E-state index < -0.39 is 22.0 Å². The fourth-order valence-electron chi connectivity index (χ4n) is 3.21. The zero-order valence-electron chi connectivity index (χ0n) is 17.6. The number of rotatable bonds is 8. The number of amides is 1. The topological polar surface area (TPSA) is 84.9 Å². The molecule has 0 heterocycles. The molecule has 1 amide bonds. The van der Waals surface area contributed by atoms with Gasteiger partial charge in [-0.3, -0.25) is 9.10 Å². The van der Waals surface area contributed by atoms with Crippen LogP contribution in [0.25, 0.3) is 0 Å². The number of nitrogens with one attached hydrogen (secondary N) is 1. The Bertz CT molecular complexity index is 968. The highest BCUT2D eigenvalue weighted by molar-refractivity contribution is 7.92. The van der Waals surface area contributed by atoms with E-state index in [1.165, 1.54) is 7.11 Å². The number of nitrogens with zero attached hydrogens (tertiary/aromatic N) is 1. The molecule has 2 aromatic carbocycles. The molecule has 2 aromatic rings. The molecular formula is C21H28N2O5S. The number of carbonyl (C=O) groups excluding carboxylic acids is 1. The molecule has 0 aliphatic carbocycles. The van der Waals surface area contributed by atoms with Gasteiger partial charge in [0.1, 0.15) is 6.04 Å². The van der Waals surface area contributed by atoms with Crippen molar-refractivity contribution in [2.24, 2.45) is 0 Å². The molecule has 0 spiro atoms. The minimum Gasteiger partial charge on any atom is -0.493 e. The Balaban J connectivity index is 2.22. The molecule has 0 aliphatic rings. The maximum absolute atomic E-state index is 12.8. The van der Waals surface area contributed by atoms with E-state index in [-0.39, 0.29) is 6.54 Å². The molecule has 158 valence electrons. The van der Waals surface area contributed by atoms with Crippen molar-refractivity contribution < 1.29 is 22.7 Å². The first-order valence-electron chi connectivity index (χ1n) is 9.13. The van der Waals surface area contributed by atoms with Crippen LogP contribution in [0.4, 0.5) is 5.69 Å². The van der Waals surface area contributed by atoms with Gasteiger partial charge in [-0.15, -0.1) is 0 Å². The summed E-state index contributed by atoms with van der Waals surface area (Å²) in [5.74, 6) is 0.749. The van der Waals surface area contributed by atoms with Gasteiger partial charge < -0.3 is 14.8 Å². The number of benzene rings is 2. The minimum atomic E-state index is -3.66. The van der Waals surface area contributed by atoms with Gasteiger partial charge in [0.2, 0.25) is 15.9 Å². The van der Waals surface area contributed by atoms with Crippen LogP contribution in [0.1, 0.15) is 23.6 Å². The second kappa shape index (κ2) is 9.17. The molecule has 0 saturated heterocycles. The Labute approximate surface area is 172 Å². The largest absolute Gasteiger partial charge is 0.493 e. The zero-order chi connectivity index (χ0) is 21.8. The summed E-state index contributed by atoms with van der Waals surface area (Å²) in [4.78, 5) is 12.8. The summed E-state index contributed by atoms with van der Waals surface area (Å²) in [5.41, 5.74) is 3.12. The molecule has 0 saturated carbocycles. The Hall–Kier alpha value is -2.74. The van der Waals surface area contributed by atoms with Crippen molar-refractivity contribution in [1.82, 2.24) is 5.32 Å². The molecule has 1 N–H and O–H groups in total. The average molecular weight is 421 g/mol. The summed E-state index contributed by atoms with van der Waals surface area (Å²) in [7, 11) is -0.575. The molecular weight excluding hydrogens is 392 g/mol. The molecule has 2 rings (SSSR count). The average Bonchev–Trinajstić information content (AvgIpc) is 2.63. The van der Waals surface area contributed by atoms with Crippen LogP contribution in [0, 0.1) is 13.8 Å². The summed E-state index contributed by atoms with van der Waals surface area (Å²) in [6.45, 7) is 5.58. The van der Waals surface area contributed by atoms with Gasteiger partial charge in [-0.25, -0.2) is 8.42 Å². The predicted molar refractivity (Wildman–Crippen MR) is 114 cm³/mol. The number of hydrogen-bond acceptors (Lipinski definition) is 5. The van der Waals surface area contributed by atoms with Gasteiger partial charge in [-0.2, -0.15) is 0 Å². The molecule has 0 aromatic heterocycles. The van der Waals surface area contributed by atoms with Crippen LogP contribution in [0.5, 0.6) is 11.5 Å². The van der Waals surface area contributed by atoms with E-state index in [1.54, 1.807) is 38.3 Å². The normalized spacial score (nSPS) is 12.2. The monoisotopic (exact) mass is 420 g/mol. The third kappa shape index (κ3) is 5.63. The highest BCUT2D eigenvalue weighted by Gasteiger charge is 2.29. The third-order valence-electron chi connectivity index (χ3n) is 4.46. The maximum Gasteiger partial charge on any atom is 0.243 e. The van der Waals surface area contributed by atoms with E-state index in [0.717, 1.165) is 27.3 Å². The van der Waals surface area contributed by atoms with Gasteiger partial charge in [0.25, 0.3) is 0 Å². The Kier molecular flexibility index (Phi) is 7.13. The first-order valence-corrected chi connectivity index (χ1v) is 11.0. The summed E-state index contributed by atoms with van der Waals surface area (Å²) < 4.78 is 36.5. The molecule has 7 nitrogen and oxygen atoms in total. The zero-order valence-corrected chi connectivity index (χ0v) is 18.5. The summed E-state index contributed by atoms with van der Waals surface area (Å²) in [5, 5.41) is 2.80. The number of aryl methyl sites for hydroxylation is 2. The third-order valence-corrected chi connectivity index (χ3v) is 5.71. The number of anilines is 1. The van der Waals surface area contributed by atoms with E-state index in [1.807, 2.05) is 26.0 Å². The molecule has 0 bridgehead atoms. The number of methoxy groups -OCH3 is 2. The smallest absolute Gasteiger partial charge is 0.243 e. The van der Waals surface area contributed by atoms with Crippen molar-refractivity contribution in [2.45, 2.75) is 33.4 Å². The quantitative estimate of drug-likeness (QED) is 0.710. The number of sulfonamides is 1. The van der Waals surface area contributed by atoms with Gasteiger partial charge in [-0.1, -0.05) is 12.1 Å². The first-order chi connectivity index (χ1) is 13.6. The lowest BCUT2D eigenvalue weighted by Crippen LogP contribution is -2.47. The van der Waals surface area contributed by atoms with Gasteiger partial charge in [0.05, 0.1) is 26.2 Å². The molecule has 0 radical (unpaired) electrons. The second-order valence-corrected chi connectivity index (χ2v) is 8.85. The van der Waals surface area contributed by atoms with Crippen LogP contribution in [0.2, 0.25) is 0 Å². The van der Waals surface area contributed by atoms with E-state index in [2.05, 4.69) is 5.32 Å². The standard InChI is InChI=1S/C21H28N2O5S/c1-14-9-15(2)11-18(10-14)23(29(6,25)26)16(3)21(24)22-13-17-7-8-19(27-4)20(12-17)28-5/h7-12,16H,13H2,1-6H3,(H,22,24)/t16-/m1/s1. The molecule has 0 aliphatic heterocycles. The number of hydrogen-bond donors (Lipinski definition) is 1. The first kappa shape index (κ1) is 22.5. The van der Waals surface area contributed by atoms with Gasteiger partial charge >= 0.3 is 0 Å². The van der Waals surface area contributed by atoms with E-state index >= 15 is 0 Å². The second-order valence-electron chi connectivity index (χ2n) is 6.99. The number of carbonyl (C=O) groups is 1. The van der Waals surface area contributed by atoms with Crippen LogP contribution < -0.4 is 19.1 Å². The Morgan fingerprint density at radius 1 is 1.03 bits per heavy atom. The highest BCUT2D eigenvalue weighted by Crippen LogP contribution is 2.28. The van der Waals surface area contributed by atoms with E-state index in [0.29, 0.717) is 17.2 Å². The highest BCUT2D eigenvalue weighted by atomic mass is 32.2. The molecule has 0 fully saturated rings. The molecule has 29 heavy (non-hydrogen) atoms. The fraction of sp³-hybridized carbons (Fsp3) is 0.381. The lowest BCUT2D eigenvalue weighted by Gasteiger charge is -2.29. The molecule has 8 heteroatoms. The minimum absolute atomic E-state index is 0.230. The fourth-order valence-corrected chi connectivity index (χ4v) is 4.37.